The molecule has 0 spiro atoms. The first kappa shape index (κ1) is 23.9. The maximum Gasteiger partial charge on any atom is 0.338 e. The zero-order valence-corrected chi connectivity index (χ0v) is 17.7. The summed E-state index contributed by atoms with van der Waals surface area (Å²) in [4.78, 5) is 37.7. The van der Waals surface area contributed by atoms with Crippen molar-refractivity contribution in [2.75, 3.05) is 40.1 Å². The Morgan fingerprint density at radius 3 is 2.42 bits per heavy atom. The van der Waals surface area contributed by atoms with Crippen molar-refractivity contribution in [3.8, 4) is 6.07 Å². The van der Waals surface area contributed by atoms with Gasteiger partial charge in [0.05, 0.1) is 37.1 Å². The van der Waals surface area contributed by atoms with E-state index in [0.717, 1.165) is 4.90 Å². The number of nitriles is 1. The van der Waals surface area contributed by atoms with E-state index in [4.69, 9.17) is 14.2 Å². The highest BCUT2D eigenvalue weighted by Gasteiger charge is 2.38. The summed E-state index contributed by atoms with van der Waals surface area (Å²) in [5.74, 6) is -2.72. The lowest BCUT2D eigenvalue weighted by molar-refractivity contribution is -0.144. The number of hydrogen-bond donors (Lipinski definition) is 0. The molecule has 10 nitrogen and oxygen atoms in total. The van der Waals surface area contributed by atoms with Gasteiger partial charge in [0.2, 0.25) is 0 Å². The van der Waals surface area contributed by atoms with Gasteiger partial charge >= 0.3 is 5.97 Å². The second-order valence-corrected chi connectivity index (χ2v) is 6.47. The minimum Gasteiger partial charge on any atom is -0.460 e. The standard InChI is InChI=1S/C21H24N4O6/c1-4-25-19(26)17(13-22)14(2)18(20(25)27)24-23-16-7-5-15(6-8-16)21(28)31-12-11-30-10-9-29-3/h5-8,17H,4,9-12H2,1-3H3. The molecule has 0 saturated heterocycles. The summed E-state index contributed by atoms with van der Waals surface area (Å²) in [7, 11) is 1.57. The molecule has 164 valence electrons. The molecule has 1 aliphatic rings. The number of rotatable bonds is 10. The molecule has 1 aliphatic heterocycles. The first-order valence-electron chi connectivity index (χ1n) is 9.66. The fourth-order valence-electron chi connectivity index (χ4n) is 2.74. The first-order chi connectivity index (χ1) is 14.9. The monoisotopic (exact) mass is 428 g/mol. The van der Waals surface area contributed by atoms with Crippen LogP contribution in [0.3, 0.4) is 0 Å². The van der Waals surface area contributed by atoms with Gasteiger partial charge < -0.3 is 14.2 Å². The Morgan fingerprint density at radius 2 is 1.81 bits per heavy atom. The average molecular weight is 428 g/mol. The highest BCUT2D eigenvalue weighted by Crippen LogP contribution is 2.27. The van der Waals surface area contributed by atoms with Crippen LogP contribution in [0, 0.1) is 17.2 Å². The number of azo groups is 1. The normalized spacial score (nSPS) is 16.7. The predicted molar refractivity (Wildman–Crippen MR) is 108 cm³/mol. The highest BCUT2D eigenvalue weighted by molar-refractivity contribution is 6.09. The van der Waals surface area contributed by atoms with Crippen molar-refractivity contribution < 1.29 is 28.6 Å². The number of imide groups is 1. The van der Waals surface area contributed by atoms with Crippen LogP contribution < -0.4 is 0 Å². The second kappa shape index (κ2) is 11.7. The SMILES string of the molecule is CCN1C(=O)C(N=Nc2ccc(C(=O)OCCOCCOC)cc2)=C(C)C(C#N)C1=O. The molecule has 1 heterocycles. The van der Waals surface area contributed by atoms with Crippen LogP contribution in [0.15, 0.2) is 45.8 Å². The fourth-order valence-corrected chi connectivity index (χ4v) is 2.74. The quantitative estimate of drug-likeness (QED) is 0.242. The molecule has 31 heavy (non-hydrogen) atoms. The van der Waals surface area contributed by atoms with E-state index in [1.807, 2.05) is 6.07 Å². The summed E-state index contributed by atoms with van der Waals surface area (Å²) in [5, 5.41) is 17.2. The molecule has 1 aromatic rings. The highest BCUT2D eigenvalue weighted by atomic mass is 16.6. The maximum atomic E-state index is 12.5. The topological polar surface area (TPSA) is 131 Å². The van der Waals surface area contributed by atoms with Gasteiger partial charge in [-0.2, -0.15) is 10.4 Å². The van der Waals surface area contributed by atoms with Crippen molar-refractivity contribution in [1.82, 2.24) is 4.90 Å². The summed E-state index contributed by atoms with van der Waals surface area (Å²) in [5.41, 5.74) is 0.942. The zero-order chi connectivity index (χ0) is 22.8. The number of carbonyl (C=O) groups is 3. The molecular formula is C21H24N4O6. The zero-order valence-electron chi connectivity index (χ0n) is 17.7. The number of carbonyl (C=O) groups excluding carboxylic acids is 3. The van der Waals surface area contributed by atoms with Gasteiger partial charge in [-0.3, -0.25) is 14.5 Å². The minimum atomic E-state index is -1.07. The van der Waals surface area contributed by atoms with Crippen LogP contribution in [0.5, 0.6) is 0 Å². The van der Waals surface area contributed by atoms with Crippen LogP contribution >= 0.6 is 0 Å². The summed E-state index contributed by atoms with van der Waals surface area (Å²) in [6.07, 6.45) is 0. The molecule has 0 aromatic heterocycles. The largest absolute Gasteiger partial charge is 0.460 e. The van der Waals surface area contributed by atoms with E-state index in [-0.39, 0.29) is 31.0 Å². The van der Waals surface area contributed by atoms with Crippen molar-refractivity contribution in [3.63, 3.8) is 0 Å². The van der Waals surface area contributed by atoms with Gasteiger partial charge in [0.1, 0.15) is 12.5 Å². The van der Waals surface area contributed by atoms with Crippen LogP contribution in [0.2, 0.25) is 0 Å². The Kier molecular flexibility index (Phi) is 8.99. The van der Waals surface area contributed by atoms with Gasteiger partial charge in [0.25, 0.3) is 11.8 Å². The summed E-state index contributed by atoms with van der Waals surface area (Å²) in [6.45, 7) is 4.57. The van der Waals surface area contributed by atoms with E-state index in [1.54, 1.807) is 26.2 Å². The van der Waals surface area contributed by atoms with Gasteiger partial charge in [0, 0.05) is 13.7 Å². The van der Waals surface area contributed by atoms with Crippen LogP contribution in [0.25, 0.3) is 0 Å². The molecular weight excluding hydrogens is 404 g/mol. The van der Waals surface area contributed by atoms with E-state index in [0.29, 0.717) is 24.5 Å². The van der Waals surface area contributed by atoms with Crippen molar-refractivity contribution in [3.05, 3.63) is 41.1 Å². The molecule has 2 rings (SSSR count). The first-order valence-corrected chi connectivity index (χ1v) is 9.66. The van der Waals surface area contributed by atoms with E-state index in [2.05, 4.69) is 10.2 Å². The Morgan fingerprint density at radius 1 is 1.13 bits per heavy atom. The van der Waals surface area contributed by atoms with Crippen molar-refractivity contribution in [1.29, 1.82) is 5.26 Å². The number of benzene rings is 1. The summed E-state index contributed by atoms with van der Waals surface area (Å²) >= 11 is 0. The maximum absolute atomic E-state index is 12.5. The number of amides is 2. The molecule has 1 aromatic carbocycles. The Labute approximate surface area is 180 Å². The lowest BCUT2D eigenvalue weighted by Gasteiger charge is -2.27. The molecule has 0 bridgehead atoms. The van der Waals surface area contributed by atoms with E-state index < -0.39 is 23.7 Å². The third-order valence-electron chi connectivity index (χ3n) is 4.47. The lowest BCUT2D eigenvalue weighted by atomic mass is 9.94. The molecule has 10 heteroatoms. The number of hydrogen-bond acceptors (Lipinski definition) is 9. The summed E-state index contributed by atoms with van der Waals surface area (Å²) in [6, 6.07) is 8.03. The van der Waals surface area contributed by atoms with Crippen LogP contribution in [0.4, 0.5) is 5.69 Å². The molecule has 0 radical (unpaired) electrons. The number of ether oxygens (including phenoxy) is 3. The van der Waals surface area contributed by atoms with Crippen molar-refractivity contribution in [2.24, 2.45) is 16.1 Å². The number of esters is 1. The van der Waals surface area contributed by atoms with Gasteiger partial charge in [-0.1, -0.05) is 0 Å². The van der Waals surface area contributed by atoms with Gasteiger partial charge in [0.15, 0.2) is 5.70 Å². The molecule has 1 atom stereocenters. The molecule has 1 unspecified atom stereocenters. The second-order valence-electron chi connectivity index (χ2n) is 6.47. The predicted octanol–water partition coefficient (Wildman–Crippen LogP) is 2.39. The van der Waals surface area contributed by atoms with Gasteiger partial charge in [-0.25, -0.2) is 4.79 Å². The third-order valence-corrected chi connectivity index (χ3v) is 4.47. The smallest absolute Gasteiger partial charge is 0.338 e. The molecule has 0 N–H and O–H groups in total. The van der Waals surface area contributed by atoms with Crippen molar-refractivity contribution in [2.45, 2.75) is 13.8 Å². The third kappa shape index (κ3) is 6.04. The molecule has 0 aliphatic carbocycles. The van der Waals surface area contributed by atoms with Gasteiger partial charge in [-0.05, 0) is 43.7 Å². The minimum absolute atomic E-state index is 0.0371. The Balaban J connectivity index is 2.03. The molecule has 0 saturated carbocycles. The van der Waals surface area contributed by atoms with Gasteiger partial charge in [-0.15, -0.1) is 5.11 Å². The number of likely N-dealkylation sites (N-methyl/N-ethyl adjacent to an activating group) is 1. The molecule has 2 amide bonds. The van der Waals surface area contributed by atoms with Crippen molar-refractivity contribution >= 4 is 23.5 Å². The molecule has 0 fully saturated rings. The van der Waals surface area contributed by atoms with Crippen LogP contribution in [-0.4, -0.2) is 62.8 Å². The van der Waals surface area contributed by atoms with Crippen LogP contribution in [0.1, 0.15) is 24.2 Å². The fraction of sp³-hybridized carbons (Fsp3) is 0.429. The van der Waals surface area contributed by atoms with E-state index in [1.165, 1.54) is 19.1 Å². The Hall–Kier alpha value is -3.42. The van der Waals surface area contributed by atoms with E-state index >= 15 is 0 Å². The average Bonchev–Trinajstić information content (AvgIpc) is 2.77. The summed E-state index contributed by atoms with van der Waals surface area (Å²) < 4.78 is 15.2. The lowest BCUT2D eigenvalue weighted by Crippen LogP contribution is -2.45. The Bertz CT molecular complexity index is 917. The number of methoxy groups -OCH3 is 1. The van der Waals surface area contributed by atoms with Crippen LogP contribution in [-0.2, 0) is 23.8 Å². The number of nitrogens with zero attached hydrogens (tertiary/aromatic N) is 4. The van der Waals surface area contributed by atoms with E-state index in [9.17, 15) is 19.6 Å².